The van der Waals surface area contributed by atoms with Crippen LogP contribution in [0.25, 0.3) is 11.1 Å². The van der Waals surface area contributed by atoms with E-state index < -0.39 is 14.9 Å². The fourth-order valence-electron chi connectivity index (χ4n) is 1.70. The van der Waals surface area contributed by atoms with Crippen molar-refractivity contribution in [3.05, 3.63) is 58.6 Å². The van der Waals surface area contributed by atoms with Crippen LogP contribution in [0.2, 0.25) is 0 Å². The fourth-order valence-corrected chi connectivity index (χ4v) is 2.23. The van der Waals surface area contributed by atoms with Crippen LogP contribution in [-0.4, -0.2) is 13.3 Å². The highest BCUT2D eigenvalue weighted by atomic mass is 32.2. The largest absolute Gasteiger partial charge is 0.278 e. The number of nitrogens with zero attached hydrogens (tertiary/aromatic N) is 1. The number of nitro benzene ring substituents is 1. The Balaban J connectivity index is 2.67. The molecule has 2 aromatic carbocycles. The van der Waals surface area contributed by atoms with Gasteiger partial charge < -0.3 is 0 Å². The molecule has 0 aromatic heterocycles. The van der Waals surface area contributed by atoms with Crippen LogP contribution in [0.5, 0.6) is 0 Å². The van der Waals surface area contributed by atoms with E-state index in [1.165, 1.54) is 12.1 Å². The molecule has 2 N–H and O–H groups in total. The number of primary sulfonamides is 1. The maximum absolute atomic E-state index is 11.2. The van der Waals surface area contributed by atoms with Gasteiger partial charge in [-0.1, -0.05) is 30.3 Å². The van der Waals surface area contributed by atoms with Crippen molar-refractivity contribution in [2.45, 2.75) is 4.90 Å². The average Bonchev–Trinajstić information content (AvgIpc) is 2.38. The third kappa shape index (κ3) is 2.78. The molecule has 0 aliphatic rings. The smallest absolute Gasteiger partial charge is 0.258 e. The summed E-state index contributed by atoms with van der Waals surface area (Å²) in [6, 6.07) is 12.3. The predicted molar refractivity (Wildman–Crippen MR) is 69.9 cm³/mol. The molecule has 0 unspecified atom stereocenters. The number of rotatable bonds is 3. The quantitative estimate of drug-likeness (QED) is 0.684. The van der Waals surface area contributed by atoms with Crippen LogP contribution in [0.1, 0.15) is 0 Å². The van der Waals surface area contributed by atoms with Crippen molar-refractivity contribution in [2.24, 2.45) is 5.14 Å². The van der Waals surface area contributed by atoms with E-state index >= 15 is 0 Å². The second-order valence-electron chi connectivity index (χ2n) is 3.85. The van der Waals surface area contributed by atoms with Crippen LogP contribution in [0.3, 0.4) is 0 Å². The zero-order chi connectivity index (χ0) is 14.0. The molecule has 7 heteroatoms. The SMILES string of the molecule is NS(=O)(=O)c1ccc(-c2ccccc2)c([N+](=O)[O-])c1. The maximum atomic E-state index is 11.2. The van der Waals surface area contributed by atoms with E-state index in [-0.39, 0.29) is 10.6 Å². The van der Waals surface area contributed by atoms with Crippen LogP contribution in [-0.2, 0) is 10.0 Å². The molecule has 0 fully saturated rings. The van der Waals surface area contributed by atoms with Gasteiger partial charge in [0.05, 0.1) is 15.4 Å². The zero-order valence-corrected chi connectivity index (χ0v) is 10.5. The van der Waals surface area contributed by atoms with Gasteiger partial charge in [0.2, 0.25) is 10.0 Å². The molecular weight excluding hydrogens is 268 g/mol. The van der Waals surface area contributed by atoms with E-state index in [4.69, 9.17) is 5.14 Å². The lowest BCUT2D eigenvalue weighted by Gasteiger charge is -2.05. The highest BCUT2D eigenvalue weighted by Gasteiger charge is 2.19. The van der Waals surface area contributed by atoms with E-state index in [1.807, 2.05) is 0 Å². The Bertz CT molecular complexity index is 727. The Morgan fingerprint density at radius 1 is 1.05 bits per heavy atom. The number of hydrogen-bond acceptors (Lipinski definition) is 4. The first kappa shape index (κ1) is 13.2. The van der Waals surface area contributed by atoms with Crippen LogP contribution in [0.15, 0.2) is 53.4 Å². The van der Waals surface area contributed by atoms with Gasteiger partial charge in [-0.3, -0.25) is 10.1 Å². The molecule has 0 spiro atoms. The third-order valence-corrected chi connectivity index (χ3v) is 3.49. The fraction of sp³-hybridized carbons (Fsp3) is 0. The minimum absolute atomic E-state index is 0.279. The van der Waals surface area contributed by atoms with Crippen LogP contribution >= 0.6 is 0 Å². The van der Waals surface area contributed by atoms with E-state index in [2.05, 4.69) is 0 Å². The summed E-state index contributed by atoms with van der Waals surface area (Å²) in [4.78, 5) is 10.1. The molecule has 0 atom stereocenters. The second kappa shape index (κ2) is 4.79. The van der Waals surface area contributed by atoms with Crippen LogP contribution in [0.4, 0.5) is 5.69 Å². The summed E-state index contributed by atoms with van der Waals surface area (Å²) in [5.74, 6) is 0. The van der Waals surface area contributed by atoms with Gasteiger partial charge in [-0.2, -0.15) is 0 Å². The molecule has 0 heterocycles. The summed E-state index contributed by atoms with van der Waals surface area (Å²) in [5, 5.41) is 16.0. The summed E-state index contributed by atoms with van der Waals surface area (Å²) < 4.78 is 22.4. The molecule has 0 amide bonds. The predicted octanol–water partition coefficient (Wildman–Crippen LogP) is 1.91. The summed E-state index contributed by atoms with van der Waals surface area (Å²) in [5.41, 5.74) is 0.686. The van der Waals surface area contributed by atoms with Gasteiger partial charge in [-0.15, -0.1) is 0 Å². The summed E-state index contributed by atoms with van der Waals surface area (Å²) in [7, 11) is -3.96. The van der Waals surface area contributed by atoms with Gasteiger partial charge in [0.1, 0.15) is 0 Å². The Morgan fingerprint density at radius 2 is 1.68 bits per heavy atom. The minimum atomic E-state index is -3.96. The molecule has 0 radical (unpaired) electrons. The van der Waals surface area contributed by atoms with Gasteiger partial charge in [0.15, 0.2) is 0 Å². The van der Waals surface area contributed by atoms with Crippen molar-refractivity contribution in [1.82, 2.24) is 0 Å². The number of sulfonamides is 1. The number of nitro groups is 1. The lowest BCUT2D eigenvalue weighted by Crippen LogP contribution is -2.12. The summed E-state index contributed by atoms with van der Waals surface area (Å²) in [6.45, 7) is 0. The van der Waals surface area contributed by atoms with Crippen molar-refractivity contribution < 1.29 is 13.3 Å². The monoisotopic (exact) mass is 278 g/mol. The van der Waals surface area contributed by atoms with Crippen molar-refractivity contribution >= 4 is 15.7 Å². The lowest BCUT2D eigenvalue weighted by molar-refractivity contribution is -0.384. The topological polar surface area (TPSA) is 103 Å². The average molecular weight is 278 g/mol. The molecule has 2 rings (SSSR count). The second-order valence-corrected chi connectivity index (χ2v) is 5.41. The molecule has 98 valence electrons. The molecule has 0 saturated carbocycles. The molecule has 2 aromatic rings. The summed E-state index contributed by atoms with van der Waals surface area (Å²) >= 11 is 0. The van der Waals surface area contributed by atoms with Crippen molar-refractivity contribution in [1.29, 1.82) is 0 Å². The lowest BCUT2D eigenvalue weighted by atomic mass is 10.0. The zero-order valence-electron chi connectivity index (χ0n) is 9.68. The van der Waals surface area contributed by atoms with Gasteiger partial charge in [-0.25, -0.2) is 13.6 Å². The van der Waals surface area contributed by atoms with Crippen molar-refractivity contribution in [3.8, 4) is 11.1 Å². The molecular formula is C12H10N2O4S. The molecule has 0 aliphatic carbocycles. The highest BCUT2D eigenvalue weighted by Crippen LogP contribution is 2.31. The van der Waals surface area contributed by atoms with Gasteiger partial charge in [0.25, 0.3) is 5.69 Å². The van der Waals surface area contributed by atoms with Crippen molar-refractivity contribution in [3.63, 3.8) is 0 Å². The molecule has 0 saturated heterocycles. The Kier molecular flexibility index (Phi) is 3.32. The van der Waals surface area contributed by atoms with Gasteiger partial charge in [-0.05, 0) is 17.7 Å². The Morgan fingerprint density at radius 3 is 2.21 bits per heavy atom. The van der Waals surface area contributed by atoms with E-state index in [0.717, 1.165) is 6.07 Å². The van der Waals surface area contributed by atoms with E-state index in [0.29, 0.717) is 11.1 Å². The number of benzene rings is 2. The van der Waals surface area contributed by atoms with E-state index in [1.54, 1.807) is 30.3 Å². The van der Waals surface area contributed by atoms with E-state index in [9.17, 15) is 18.5 Å². The summed E-state index contributed by atoms with van der Waals surface area (Å²) in [6.07, 6.45) is 0. The first-order valence-corrected chi connectivity index (χ1v) is 6.81. The molecule has 0 aliphatic heterocycles. The highest BCUT2D eigenvalue weighted by molar-refractivity contribution is 7.89. The van der Waals surface area contributed by atoms with Crippen LogP contribution < -0.4 is 5.14 Å². The Labute approximate surface area is 109 Å². The van der Waals surface area contributed by atoms with Crippen LogP contribution in [0, 0.1) is 10.1 Å². The van der Waals surface area contributed by atoms with Gasteiger partial charge >= 0.3 is 0 Å². The molecule has 19 heavy (non-hydrogen) atoms. The Hall–Kier alpha value is -2.25. The standard InChI is InChI=1S/C12H10N2O4S/c13-19(17,18)10-6-7-11(12(8-10)14(15)16)9-4-2-1-3-5-9/h1-8H,(H2,13,17,18). The number of hydrogen-bond donors (Lipinski definition) is 1. The number of nitrogens with two attached hydrogens (primary N) is 1. The minimum Gasteiger partial charge on any atom is -0.258 e. The first-order chi connectivity index (χ1) is 8.89. The normalized spacial score (nSPS) is 11.2. The van der Waals surface area contributed by atoms with Crippen molar-refractivity contribution in [2.75, 3.05) is 0 Å². The first-order valence-electron chi connectivity index (χ1n) is 5.26. The molecule has 6 nitrogen and oxygen atoms in total. The molecule has 0 bridgehead atoms. The van der Waals surface area contributed by atoms with Gasteiger partial charge in [0, 0.05) is 6.07 Å². The maximum Gasteiger partial charge on any atom is 0.278 e. The third-order valence-electron chi connectivity index (χ3n) is 2.58.